The van der Waals surface area contributed by atoms with Crippen LogP contribution < -0.4 is 0 Å². The van der Waals surface area contributed by atoms with Gasteiger partial charge in [0.25, 0.3) is 0 Å². The Hall–Kier alpha value is -0.300. The zero-order valence-electron chi connectivity index (χ0n) is 10.7. The first-order valence-electron chi connectivity index (χ1n) is 5.98. The number of allylic oxidation sites excluding steroid dienone is 8. The molecule has 0 amide bonds. The molecule has 0 saturated heterocycles. The Balaban J connectivity index is 2.34. The molecular weight excluding hydrogens is 359 g/mol. The molecule has 0 spiro atoms. The number of hydrogen-bond acceptors (Lipinski definition) is 0. The first kappa shape index (κ1) is 12.2. The van der Waals surface area contributed by atoms with Crippen molar-refractivity contribution in [2.45, 2.75) is 34.1 Å². The van der Waals surface area contributed by atoms with Crippen molar-refractivity contribution in [3.8, 4) is 0 Å². The van der Waals surface area contributed by atoms with Gasteiger partial charge < -0.3 is 0 Å². The molecule has 1 unspecified atom stereocenters. The normalized spacial score (nSPS) is 24.5. The van der Waals surface area contributed by atoms with Crippen LogP contribution in [0.4, 0.5) is 0 Å². The van der Waals surface area contributed by atoms with Gasteiger partial charge >= 0.3 is 107 Å². The van der Waals surface area contributed by atoms with Crippen molar-refractivity contribution >= 4 is 4.26 Å². The maximum absolute atomic E-state index is 4.59. The molecular formula is C15H20Hf. The molecule has 0 N–H and O–H groups in total. The van der Waals surface area contributed by atoms with E-state index in [0.29, 0.717) is 5.92 Å². The van der Waals surface area contributed by atoms with Crippen molar-refractivity contribution in [1.82, 2.24) is 0 Å². The van der Waals surface area contributed by atoms with Crippen LogP contribution in [0.3, 0.4) is 0 Å². The van der Waals surface area contributed by atoms with E-state index >= 15 is 0 Å². The summed E-state index contributed by atoms with van der Waals surface area (Å²) in [6.45, 7) is 9.23. The van der Waals surface area contributed by atoms with Crippen LogP contribution in [0.15, 0.2) is 41.6 Å². The second-order valence-corrected chi connectivity index (χ2v) is 12.6. The van der Waals surface area contributed by atoms with Gasteiger partial charge in [0.15, 0.2) is 0 Å². The first-order valence-corrected chi connectivity index (χ1v) is 12.1. The average molecular weight is 379 g/mol. The molecule has 2 rings (SSSR count). The third kappa shape index (κ3) is 1.84. The summed E-state index contributed by atoms with van der Waals surface area (Å²) in [4.78, 5) is 0. The second kappa shape index (κ2) is 4.52. The Morgan fingerprint density at radius 3 is 2.38 bits per heavy atom. The molecule has 84 valence electrons. The van der Waals surface area contributed by atoms with Crippen molar-refractivity contribution < 1.29 is 21.0 Å². The average Bonchev–Trinajstić information content (AvgIpc) is 2.84. The number of hydrogen-bond donors (Lipinski definition) is 0. The minimum atomic E-state index is -1.90. The summed E-state index contributed by atoms with van der Waals surface area (Å²) in [5.74, 6) is 0.668. The van der Waals surface area contributed by atoms with Crippen molar-refractivity contribution in [2.75, 3.05) is 0 Å². The predicted octanol–water partition coefficient (Wildman–Crippen LogP) is 4.14. The summed E-state index contributed by atoms with van der Waals surface area (Å²) in [6, 6.07) is 0. The Morgan fingerprint density at radius 2 is 1.94 bits per heavy atom. The van der Waals surface area contributed by atoms with E-state index in [2.05, 4.69) is 50.2 Å². The molecule has 0 radical (unpaired) electrons. The zero-order valence-corrected chi connectivity index (χ0v) is 14.3. The fourth-order valence-electron chi connectivity index (χ4n) is 2.70. The van der Waals surface area contributed by atoms with E-state index in [1.165, 1.54) is 12.0 Å². The molecule has 1 atom stereocenters. The van der Waals surface area contributed by atoms with Gasteiger partial charge in [-0.05, 0) is 0 Å². The Labute approximate surface area is 106 Å². The van der Waals surface area contributed by atoms with Gasteiger partial charge in [0.2, 0.25) is 0 Å². The van der Waals surface area contributed by atoms with E-state index in [-0.39, 0.29) is 0 Å². The van der Waals surface area contributed by atoms with Crippen LogP contribution in [0.25, 0.3) is 0 Å². The Kier molecular flexibility index (Phi) is 3.44. The third-order valence-corrected chi connectivity index (χ3v) is 13.5. The van der Waals surface area contributed by atoms with Gasteiger partial charge in [-0.3, -0.25) is 0 Å². The summed E-state index contributed by atoms with van der Waals surface area (Å²) in [5.41, 5.74) is 4.67. The van der Waals surface area contributed by atoms with Gasteiger partial charge in [-0.2, -0.15) is 0 Å². The van der Waals surface area contributed by atoms with Crippen molar-refractivity contribution in [2.24, 2.45) is 5.92 Å². The molecule has 0 fully saturated rings. The minimum absolute atomic E-state index is 0.668. The molecule has 0 aliphatic heterocycles. The molecule has 2 aliphatic carbocycles. The van der Waals surface area contributed by atoms with Crippen LogP contribution in [0.1, 0.15) is 34.1 Å². The Bertz CT molecular complexity index is 470. The van der Waals surface area contributed by atoms with Crippen LogP contribution in [-0.4, -0.2) is 4.26 Å². The first-order chi connectivity index (χ1) is 7.54. The zero-order chi connectivity index (χ0) is 11.9. The van der Waals surface area contributed by atoms with Gasteiger partial charge in [-0.25, -0.2) is 0 Å². The molecule has 0 aromatic heterocycles. The van der Waals surface area contributed by atoms with Crippen LogP contribution in [0, 0.1) is 5.92 Å². The predicted molar refractivity (Wildman–Crippen MR) is 69.2 cm³/mol. The standard InChI is InChI=1S/C9H13.C5H5.CH2.Hf/c1-6-5-7(2)9(4)8(6)3;1-2-4-5-3-1;;/h6H,1-4H3;1-3H,4H2;1H2;. The fraction of sp³-hybridized carbons (Fsp3) is 0.400. The SMILES string of the molecule is [CH2]=[Hf]([C]1=CC=CC1)[C]1=C(C)C(C)=C(C)C1C. The molecule has 0 saturated carbocycles. The van der Waals surface area contributed by atoms with E-state index in [4.69, 9.17) is 0 Å². The van der Waals surface area contributed by atoms with Crippen LogP contribution in [0.5, 0.6) is 0 Å². The van der Waals surface area contributed by atoms with Crippen LogP contribution in [0.2, 0.25) is 0 Å². The number of rotatable bonds is 2. The van der Waals surface area contributed by atoms with E-state index in [9.17, 15) is 0 Å². The molecule has 0 aromatic carbocycles. The molecule has 16 heavy (non-hydrogen) atoms. The van der Waals surface area contributed by atoms with Crippen molar-refractivity contribution in [1.29, 1.82) is 0 Å². The fourth-order valence-corrected chi connectivity index (χ4v) is 11.3. The molecule has 1 heteroatoms. The summed E-state index contributed by atoms with van der Waals surface area (Å²) >= 11 is -1.90. The monoisotopic (exact) mass is 380 g/mol. The van der Waals surface area contributed by atoms with Gasteiger partial charge in [-0.1, -0.05) is 0 Å². The molecule has 0 aromatic rings. The van der Waals surface area contributed by atoms with Gasteiger partial charge in [0, 0.05) is 0 Å². The van der Waals surface area contributed by atoms with E-state index in [0.717, 1.165) is 0 Å². The van der Waals surface area contributed by atoms with E-state index < -0.39 is 21.0 Å². The quantitative estimate of drug-likeness (QED) is 0.633. The van der Waals surface area contributed by atoms with Gasteiger partial charge in [0.1, 0.15) is 0 Å². The second-order valence-electron chi connectivity index (χ2n) is 4.87. The van der Waals surface area contributed by atoms with Gasteiger partial charge in [0.05, 0.1) is 0 Å². The summed E-state index contributed by atoms with van der Waals surface area (Å²) < 4.78 is 8.01. The van der Waals surface area contributed by atoms with Gasteiger partial charge in [-0.15, -0.1) is 0 Å². The maximum atomic E-state index is 4.59. The van der Waals surface area contributed by atoms with Crippen LogP contribution in [-0.2, 0) is 21.0 Å². The third-order valence-electron chi connectivity index (χ3n) is 4.12. The summed E-state index contributed by atoms with van der Waals surface area (Å²) in [7, 11) is 0. The van der Waals surface area contributed by atoms with E-state index in [1.54, 1.807) is 17.8 Å². The summed E-state index contributed by atoms with van der Waals surface area (Å²) in [6.07, 6.45) is 7.97. The molecule has 2 aliphatic rings. The molecule has 0 bridgehead atoms. The topological polar surface area (TPSA) is 0 Å². The summed E-state index contributed by atoms with van der Waals surface area (Å²) in [5, 5.41) is 0. The van der Waals surface area contributed by atoms with E-state index in [1.807, 2.05) is 0 Å². The van der Waals surface area contributed by atoms with Crippen molar-refractivity contribution in [3.05, 3.63) is 41.6 Å². The Morgan fingerprint density at radius 1 is 1.25 bits per heavy atom. The van der Waals surface area contributed by atoms with Crippen LogP contribution >= 0.6 is 0 Å². The molecule has 0 nitrogen and oxygen atoms in total. The molecule has 0 heterocycles. The van der Waals surface area contributed by atoms with Crippen molar-refractivity contribution in [3.63, 3.8) is 0 Å².